The molecular weight excluding hydrogens is 483 g/mol. The quantitative estimate of drug-likeness (QED) is 0.336. The molecule has 36 heavy (non-hydrogen) atoms. The highest BCUT2D eigenvalue weighted by molar-refractivity contribution is 7.24. The second-order valence-electron chi connectivity index (χ2n) is 8.35. The predicted molar refractivity (Wildman–Crippen MR) is 137 cm³/mol. The van der Waals surface area contributed by atoms with E-state index in [0.717, 1.165) is 12.8 Å². The molecule has 3 aromatic rings. The number of aromatic nitrogens is 2. The molecule has 1 aliphatic carbocycles. The fourth-order valence-corrected chi connectivity index (χ4v) is 4.03. The molecular formula is C22H21B3ClFN6O3. The molecule has 1 heterocycles. The van der Waals surface area contributed by atoms with Crippen molar-refractivity contribution in [1.29, 1.82) is 0 Å². The zero-order valence-corrected chi connectivity index (χ0v) is 20.0. The lowest BCUT2D eigenvalue weighted by Gasteiger charge is -2.22. The summed E-state index contributed by atoms with van der Waals surface area (Å²) < 4.78 is 15.5. The van der Waals surface area contributed by atoms with Gasteiger partial charge in [0.25, 0.3) is 5.91 Å². The highest BCUT2D eigenvalue weighted by atomic mass is 35.5. The average Bonchev–Trinajstić information content (AvgIpc) is 3.63. The van der Waals surface area contributed by atoms with E-state index in [0.29, 0.717) is 16.6 Å². The minimum absolute atomic E-state index is 0.0254. The normalized spacial score (nSPS) is 12.7. The van der Waals surface area contributed by atoms with E-state index in [1.807, 2.05) is 0 Å². The second kappa shape index (κ2) is 11.1. The van der Waals surface area contributed by atoms with Gasteiger partial charge in [0.05, 0.1) is 17.1 Å². The topological polar surface area (TPSA) is 122 Å². The van der Waals surface area contributed by atoms with Crippen LogP contribution >= 0.6 is 11.6 Å². The third kappa shape index (κ3) is 5.84. The van der Waals surface area contributed by atoms with Crippen LogP contribution in [0, 0.1) is 5.82 Å². The van der Waals surface area contributed by atoms with Crippen LogP contribution in [0.3, 0.4) is 0 Å². The zero-order valence-electron chi connectivity index (χ0n) is 19.2. The van der Waals surface area contributed by atoms with Crippen molar-refractivity contribution in [2.24, 2.45) is 5.73 Å². The van der Waals surface area contributed by atoms with E-state index in [1.165, 1.54) is 36.1 Å². The summed E-state index contributed by atoms with van der Waals surface area (Å²) in [6.07, 6.45) is 1.55. The van der Waals surface area contributed by atoms with Gasteiger partial charge in [-0.2, -0.15) is 5.10 Å². The Morgan fingerprint density at radius 3 is 2.75 bits per heavy atom. The number of carbonyl (C=O) groups excluding carboxylic acids is 3. The molecule has 2 aromatic carbocycles. The first-order chi connectivity index (χ1) is 17.3. The molecule has 1 fully saturated rings. The Bertz CT molecular complexity index is 1320. The van der Waals surface area contributed by atoms with Crippen LogP contribution in [-0.2, 0) is 22.7 Å². The summed E-state index contributed by atoms with van der Waals surface area (Å²) in [6, 6.07) is 9.62. The van der Waals surface area contributed by atoms with Crippen LogP contribution in [0.15, 0.2) is 36.4 Å². The Morgan fingerprint density at radius 1 is 1.28 bits per heavy atom. The van der Waals surface area contributed by atoms with Gasteiger partial charge in [0.15, 0.2) is 13.0 Å². The zero-order chi connectivity index (χ0) is 25.8. The molecule has 9 nitrogen and oxygen atoms in total. The number of halogens is 2. The molecule has 0 aliphatic heterocycles. The molecule has 3 amide bonds. The lowest BCUT2D eigenvalue weighted by molar-refractivity contribution is -0.137. The van der Waals surface area contributed by atoms with Crippen LogP contribution in [0.25, 0.3) is 10.9 Å². The molecule has 4 radical (unpaired) electrons. The van der Waals surface area contributed by atoms with Crippen molar-refractivity contribution in [3.63, 3.8) is 0 Å². The van der Waals surface area contributed by atoms with E-state index >= 15 is 0 Å². The smallest absolute Gasteiger partial charge is 0.269 e. The summed E-state index contributed by atoms with van der Waals surface area (Å²) in [5, 5.41) is 10.3. The van der Waals surface area contributed by atoms with Gasteiger partial charge in [-0.1, -0.05) is 23.7 Å². The van der Waals surface area contributed by atoms with Crippen LogP contribution in [0.4, 0.5) is 10.1 Å². The van der Waals surface area contributed by atoms with Gasteiger partial charge in [-0.05, 0) is 37.1 Å². The second-order valence-corrected chi connectivity index (χ2v) is 8.76. The largest absolute Gasteiger partial charge is 0.441 e. The molecule has 0 spiro atoms. The monoisotopic (exact) mass is 504 g/mol. The average molecular weight is 504 g/mol. The summed E-state index contributed by atoms with van der Waals surface area (Å²) in [5.41, 5.74) is 6.98. The SMILES string of the molecule is [B][B][B]Nc1ccc2c(c1)c(C(N)=O)nn2CC(=O)N(CC(=O)NCc1cccc(Cl)c1F)C1CC1. The van der Waals surface area contributed by atoms with Crippen molar-refractivity contribution in [2.75, 3.05) is 11.8 Å². The number of nitrogens with two attached hydrogens (primary N) is 1. The van der Waals surface area contributed by atoms with E-state index in [2.05, 4.69) is 15.6 Å². The number of nitrogens with one attached hydrogen (secondary N) is 2. The van der Waals surface area contributed by atoms with E-state index in [9.17, 15) is 18.8 Å². The number of benzene rings is 2. The highest BCUT2D eigenvalue weighted by Crippen LogP contribution is 2.28. The van der Waals surface area contributed by atoms with Crippen molar-refractivity contribution >= 4 is 68.0 Å². The van der Waals surface area contributed by atoms with Crippen LogP contribution in [0.2, 0.25) is 5.02 Å². The maximum Gasteiger partial charge on any atom is 0.269 e. The molecule has 0 saturated heterocycles. The number of fused-ring (bicyclic) bond motifs is 1. The van der Waals surface area contributed by atoms with Crippen molar-refractivity contribution in [3.05, 3.63) is 58.5 Å². The fraction of sp³-hybridized carbons (Fsp3) is 0.273. The van der Waals surface area contributed by atoms with E-state index < -0.39 is 17.6 Å². The summed E-state index contributed by atoms with van der Waals surface area (Å²) in [7, 11) is 8.21. The third-order valence-electron chi connectivity index (χ3n) is 5.74. The Kier molecular flexibility index (Phi) is 7.88. The number of primary amides is 1. The minimum Gasteiger partial charge on any atom is -0.441 e. The summed E-state index contributed by atoms with van der Waals surface area (Å²) >= 11 is 5.79. The number of amides is 3. The van der Waals surface area contributed by atoms with Gasteiger partial charge < -0.3 is 21.2 Å². The van der Waals surface area contributed by atoms with Crippen LogP contribution in [0.1, 0.15) is 28.9 Å². The van der Waals surface area contributed by atoms with Crippen molar-refractivity contribution in [3.8, 4) is 0 Å². The molecule has 4 N–H and O–H groups in total. The number of carbonyl (C=O) groups is 3. The first kappa shape index (κ1) is 25.6. The first-order valence-electron chi connectivity index (χ1n) is 11.2. The molecule has 1 aromatic heterocycles. The third-order valence-corrected chi connectivity index (χ3v) is 6.04. The van der Waals surface area contributed by atoms with E-state index in [-0.39, 0.29) is 47.9 Å². The maximum absolute atomic E-state index is 14.1. The van der Waals surface area contributed by atoms with Gasteiger partial charge in [-0.3, -0.25) is 19.1 Å². The van der Waals surface area contributed by atoms with Gasteiger partial charge in [0, 0.05) is 44.0 Å². The van der Waals surface area contributed by atoms with Crippen LogP contribution in [0.5, 0.6) is 0 Å². The lowest BCUT2D eigenvalue weighted by Crippen LogP contribution is -2.43. The summed E-state index contributed by atoms with van der Waals surface area (Å²) in [4.78, 5) is 39.2. The van der Waals surface area contributed by atoms with Crippen molar-refractivity contribution < 1.29 is 18.8 Å². The number of hydrogen-bond acceptors (Lipinski definition) is 5. The van der Waals surface area contributed by atoms with Gasteiger partial charge >= 0.3 is 0 Å². The first-order valence-corrected chi connectivity index (χ1v) is 11.6. The molecule has 1 saturated carbocycles. The van der Waals surface area contributed by atoms with Gasteiger partial charge in [-0.15, -0.1) is 0 Å². The Labute approximate surface area is 214 Å². The van der Waals surface area contributed by atoms with Crippen LogP contribution in [-0.4, -0.2) is 67.1 Å². The highest BCUT2D eigenvalue weighted by Gasteiger charge is 2.34. The lowest BCUT2D eigenvalue weighted by atomic mass is 9.33. The molecule has 4 rings (SSSR count). The fourth-order valence-electron chi connectivity index (χ4n) is 3.83. The van der Waals surface area contributed by atoms with E-state index in [4.69, 9.17) is 25.1 Å². The Balaban J connectivity index is 1.47. The number of hydrogen-bond donors (Lipinski definition) is 3. The van der Waals surface area contributed by atoms with Gasteiger partial charge in [0.2, 0.25) is 11.8 Å². The molecule has 0 atom stereocenters. The minimum atomic E-state index is -0.732. The molecule has 0 bridgehead atoms. The molecule has 0 unspecified atom stereocenters. The summed E-state index contributed by atoms with van der Waals surface area (Å²) in [5.74, 6) is -2.09. The standard InChI is InChI=1S/C22H21B3ClFN6O3/c23-24-25-30-13-4-7-17-15(8-13)21(22(28)36)31-33(17)11-19(35)32(14-5-6-14)10-18(34)29-9-12-2-1-3-16(26)20(12)27/h1-4,7-8,14,30H,5-6,9-11H2,(H2,28,36)(H,29,34). The van der Waals surface area contributed by atoms with Gasteiger partial charge in [-0.25, -0.2) is 4.39 Å². The summed E-state index contributed by atoms with van der Waals surface area (Å²) in [6.45, 7) is -0.432. The number of rotatable bonds is 11. The Morgan fingerprint density at radius 2 is 2.06 bits per heavy atom. The molecule has 14 heteroatoms. The van der Waals surface area contributed by atoms with Gasteiger partial charge in [0.1, 0.15) is 12.4 Å². The Hall–Kier alpha value is -3.47. The number of anilines is 1. The maximum atomic E-state index is 14.1. The molecule has 180 valence electrons. The van der Waals surface area contributed by atoms with Crippen molar-refractivity contribution in [2.45, 2.75) is 32.0 Å². The van der Waals surface area contributed by atoms with Crippen molar-refractivity contribution in [1.82, 2.24) is 20.0 Å². The molecule has 1 aliphatic rings. The van der Waals surface area contributed by atoms with E-state index in [1.54, 1.807) is 24.3 Å². The number of nitrogens with zero attached hydrogens (tertiary/aromatic N) is 3. The predicted octanol–water partition coefficient (Wildman–Crippen LogP) is 0.969. The van der Waals surface area contributed by atoms with Crippen LogP contribution < -0.4 is 16.3 Å².